The van der Waals surface area contributed by atoms with E-state index < -0.39 is 97.5 Å². The SMILES string of the molecule is CCCCCCCCCCCCCCCCCCCCCC(=O)O[C@H](COC(=O)CCCCCCCCCCCCCCCC(C)C)COP(=O)(O)OC[C@@H](O)COP(=O)(O)OC[C@@H](COC(=O)CCCCCCCCC)OC(=O)CCCCCCCCCCC(C)CC. The highest BCUT2D eigenvalue weighted by atomic mass is 31.2. The third-order valence-corrected chi connectivity index (χ3v) is 19.7. The van der Waals surface area contributed by atoms with Crippen molar-refractivity contribution in [1.29, 1.82) is 0 Å². The van der Waals surface area contributed by atoms with Crippen LogP contribution in [0.2, 0.25) is 0 Å². The van der Waals surface area contributed by atoms with Crippen molar-refractivity contribution in [1.82, 2.24) is 0 Å². The van der Waals surface area contributed by atoms with Crippen LogP contribution in [0.25, 0.3) is 0 Å². The van der Waals surface area contributed by atoms with Crippen LogP contribution in [0, 0.1) is 11.8 Å². The zero-order chi connectivity index (χ0) is 69.3. The van der Waals surface area contributed by atoms with Gasteiger partial charge in [0.2, 0.25) is 0 Å². The molecular weight excluding hydrogens is 1230 g/mol. The van der Waals surface area contributed by atoms with Crippen LogP contribution in [0.4, 0.5) is 0 Å². The third kappa shape index (κ3) is 67.3. The van der Waals surface area contributed by atoms with Gasteiger partial charge in [-0.2, -0.15) is 0 Å². The Morgan fingerprint density at radius 1 is 0.309 bits per heavy atom. The van der Waals surface area contributed by atoms with Gasteiger partial charge in [0, 0.05) is 25.7 Å². The van der Waals surface area contributed by atoms with E-state index in [0.717, 1.165) is 115 Å². The lowest BCUT2D eigenvalue weighted by molar-refractivity contribution is -0.161. The molecule has 94 heavy (non-hydrogen) atoms. The van der Waals surface area contributed by atoms with E-state index in [-0.39, 0.29) is 25.7 Å². The molecule has 6 atom stereocenters. The number of phosphoric ester groups is 2. The molecule has 0 spiro atoms. The maximum Gasteiger partial charge on any atom is 0.472 e. The molecule has 3 N–H and O–H groups in total. The fourth-order valence-electron chi connectivity index (χ4n) is 11.4. The smallest absolute Gasteiger partial charge is 0.462 e. The van der Waals surface area contributed by atoms with Crippen LogP contribution < -0.4 is 0 Å². The van der Waals surface area contributed by atoms with Crippen LogP contribution in [-0.2, 0) is 65.4 Å². The van der Waals surface area contributed by atoms with Crippen LogP contribution in [0.1, 0.15) is 388 Å². The van der Waals surface area contributed by atoms with Gasteiger partial charge in [0.15, 0.2) is 12.2 Å². The first-order chi connectivity index (χ1) is 45.4. The summed E-state index contributed by atoms with van der Waals surface area (Å²) in [5, 5.41) is 10.6. The first-order valence-corrected chi connectivity index (χ1v) is 42.0. The van der Waals surface area contributed by atoms with Gasteiger partial charge in [-0.05, 0) is 37.5 Å². The third-order valence-electron chi connectivity index (χ3n) is 17.8. The fourth-order valence-corrected chi connectivity index (χ4v) is 13.0. The highest BCUT2D eigenvalue weighted by Crippen LogP contribution is 2.45. The summed E-state index contributed by atoms with van der Waals surface area (Å²) in [6.45, 7) is 9.56. The zero-order valence-electron chi connectivity index (χ0n) is 61.3. The van der Waals surface area contributed by atoms with Crippen molar-refractivity contribution >= 4 is 39.5 Å². The molecule has 0 aromatic carbocycles. The normalized spacial score (nSPS) is 14.3. The average Bonchev–Trinajstić information content (AvgIpc) is 1.51. The molecule has 0 aliphatic carbocycles. The molecule has 0 radical (unpaired) electrons. The van der Waals surface area contributed by atoms with Gasteiger partial charge in [-0.1, -0.05) is 337 Å². The highest BCUT2D eigenvalue weighted by molar-refractivity contribution is 7.47. The van der Waals surface area contributed by atoms with Crippen LogP contribution in [0.15, 0.2) is 0 Å². The summed E-state index contributed by atoms with van der Waals surface area (Å²) in [4.78, 5) is 72.6. The van der Waals surface area contributed by atoms with Crippen LogP contribution in [0.3, 0.4) is 0 Å². The molecule has 17 nitrogen and oxygen atoms in total. The van der Waals surface area contributed by atoms with Gasteiger partial charge < -0.3 is 33.8 Å². The van der Waals surface area contributed by atoms with Crippen LogP contribution in [0.5, 0.6) is 0 Å². The fraction of sp³-hybridized carbons (Fsp3) is 0.947. The molecule has 558 valence electrons. The van der Waals surface area contributed by atoms with E-state index in [1.54, 1.807) is 0 Å². The second-order valence-electron chi connectivity index (χ2n) is 27.8. The predicted molar refractivity (Wildman–Crippen MR) is 381 cm³/mol. The topological polar surface area (TPSA) is 237 Å². The molecule has 0 aromatic rings. The number of phosphoric acid groups is 2. The minimum Gasteiger partial charge on any atom is -0.462 e. The molecular formula is C75H146O17P2. The van der Waals surface area contributed by atoms with Crippen molar-refractivity contribution in [2.24, 2.45) is 11.8 Å². The summed E-state index contributed by atoms with van der Waals surface area (Å²) in [5.74, 6) is -0.562. The van der Waals surface area contributed by atoms with E-state index in [2.05, 4.69) is 41.5 Å². The molecule has 0 saturated heterocycles. The Morgan fingerprint density at radius 2 is 0.543 bits per heavy atom. The average molecular weight is 1380 g/mol. The van der Waals surface area contributed by atoms with Gasteiger partial charge in [-0.15, -0.1) is 0 Å². The van der Waals surface area contributed by atoms with Crippen molar-refractivity contribution in [3.05, 3.63) is 0 Å². The van der Waals surface area contributed by atoms with Gasteiger partial charge in [0.05, 0.1) is 26.4 Å². The van der Waals surface area contributed by atoms with Crippen molar-refractivity contribution < 1.29 is 80.2 Å². The summed E-state index contributed by atoms with van der Waals surface area (Å²) < 4.78 is 68.4. The second kappa shape index (κ2) is 66.9. The van der Waals surface area contributed by atoms with E-state index in [9.17, 15) is 43.2 Å². The zero-order valence-corrected chi connectivity index (χ0v) is 63.1. The maximum atomic E-state index is 13.1. The number of ether oxygens (including phenoxy) is 4. The van der Waals surface area contributed by atoms with Gasteiger partial charge in [-0.25, -0.2) is 9.13 Å². The number of rotatable bonds is 74. The molecule has 0 aliphatic rings. The first-order valence-electron chi connectivity index (χ1n) is 39.0. The number of aliphatic hydroxyl groups excluding tert-OH is 1. The summed E-state index contributed by atoms with van der Waals surface area (Å²) in [6, 6.07) is 0. The Bertz CT molecular complexity index is 1820. The summed E-state index contributed by atoms with van der Waals surface area (Å²) >= 11 is 0. The number of esters is 4. The Balaban J connectivity index is 5.19. The second-order valence-corrected chi connectivity index (χ2v) is 30.7. The minimum atomic E-state index is -4.96. The summed E-state index contributed by atoms with van der Waals surface area (Å²) in [5.41, 5.74) is 0. The molecule has 0 heterocycles. The monoisotopic (exact) mass is 1380 g/mol. The summed E-state index contributed by atoms with van der Waals surface area (Å²) in [6.07, 6.45) is 54.3. The van der Waals surface area contributed by atoms with Crippen molar-refractivity contribution in [2.75, 3.05) is 39.6 Å². The Hall–Kier alpha value is -1.94. The Labute approximate surface area is 575 Å². The number of aliphatic hydroxyl groups is 1. The van der Waals surface area contributed by atoms with Gasteiger partial charge >= 0.3 is 39.5 Å². The van der Waals surface area contributed by atoms with Crippen molar-refractivity contribution in [3.8, 4) is 0 Å². The predicted octanol–water partition coefficient (Wildman–Crippen LogP) is 21.9. The minimum absolute atomic E-state index is 0.105. The molecule has 0 saturated carbocycles. The molecule has 0 aliphatic heterocycles. The van der Waals surface area contributed by atoms with E-state index in [0.29, 0.717) is 25.7 Å². The lowest BCUT2D eigenvalue weighted by Gasteiger charge is -2.21. The lowest BCUT2D eigenvalue weighted by atomic mass is 9.99. The largest absolute Gasteiger partial charge is 0.472 e. The van der Waals surface area contributed by atoms with Crippen molar-refractivity contribution in [3.63, 3.8) is 0 Å². The molecule has 19 heteroatoms. The van der Waals surface area contributed by atoms with E-state index in [1.165, 1.54) is 193 Å². The molecule has 0 rings (SSSR count). The number of carbonyl (C=O) groups is 4. The molecule has 0 aromatic heterocycles. The first kappa shape index (κ1) is 92.1. The highest BCUT2D eigenvalue weighted by Gasteiger charge is 2.30. The Kier molecular flexibility index (Phi) is 65.5. The number of unbranched alkanes of at least 4 members (excludes halogenated alkanes) is 43. The van der Waals surface area contributed by atoms with E-state index in [4.69, 9.17) is 37.0 Å². The van der Waals surface area contributed by atoms with Gasteiger partial charge in [-0.3, -0.25) is 37.3 Å². The molecule has 0 bridgehead atoms. The standard InChI is InChI=1S/C75H146O17P2/c1-7-10-12-14-16-17-18-19-20-21-22-23-24-27-31-34-41-47-53-59-74(79)91-71(64-86-73(78)58-52-46-40-33-30-28-25-26-29-32-38-43-49-55-67(4)5)66-90-94(83,84)88-62-69(76)61-87-93(81,82)89-65-70(63-85-72(77)57-51-45-37-15-13-11-8-2)92-75(80)60-54-48-42-36-35-39-44-50-56-68(6)9-3/h67-71,76H,7-66H2,1-6H3,(H,81,82)(H,83,84)/t68?,69-,70+,71+/m0/s1. The number of hydrogen-bond acceptors (Lipinski definition) is 15. The van der Waals surface area contributed by atoms with Crippen LogP contribution >= 0.6 is 15.6 Å². The quantitative estimate of drug-likeness (QED) is 0.0222. The summed E-state index contributed by atoms with van der Waals surface area (Å²) in [7, 11) is -9.90. The Morgan fingerprint density at radius 3 is 0.809 bits per heavy atom. The molecule has 0 fully saturated rings. The number of carbonyl (C=O) groups excluding carboxylic acids is 4. The molecule has 3 unspecified atom stereocenters. The lowest BCUT2D eigenvalue weighted by Crippen LogP contribution is -2.30. The van der Waals surface area contributed by atoms with Gasteiger partial charge in [0.25, 0.3) is 0 Å². The van der Waals surface area contributed by atoms with Gasteiger partial charge in [0.1, 0.15) is 19.3 Å². The van der Waals surface area contributed by atoms with Crippen LogP contribution in [-0.4, -0.2) is 96.7 Å². The number of hydrogen-bond donors (Lipinski definition) is 3. The molecule has 0 amide bonds. The van der Waals surface area contributed by atoms with E-state index in [1.807, 2.05) is 0 Å². The van der Waals surface area contributed by atoms with E-state index >= 15 is 0 Å². The maximum absolute atomic E-state index is 13.1. The van der Waals surface area contributed by atoms with Crippen molar-refractivity contribution in [2.45, 2.75) is 407 Å².